The summed E-state index contributed by atoms with van der Waals surface area (Å²) in [5.74, 6) is 0.443. The monoisotopic (exact) mass is 357 g/mol. The molecule has 0 atom stereocenters. The minimum absolute atomic E-state index is 0.0559. The Bertz CT molecular complexity index is 834. The number of allylic oxidation sites excluding steroid dienone is 1. The van der Waals surface area contributed by atoms with Crippen LogP contribution in [0.4, 0.5) is 0 Å². The number of halogens is 1. The second-order valence-corrected chi connectivity index (χ2v) is 7.29. The highest BCUT2D eigenvalue weighted by Crippen LogP contribution is 2.33. The summed E-state index contributed by atoms with van der Waals surface area (Å²) in [7, 11) is 1.55. The Morgan fingerprint density at radius 3 is 2.32 bits per heavy atom. The van der Waals surface area contributed by atoms with Crippen molar-refractivity contribution in [2.75, 3.05) is 7.11 Å². The molecule has 0 spiro atoms. The van der Waals surface area contributed by atoms with Crippen molar-refractivity contribution in [1.82, 2.24) is 9.78 Å². The molecule has 0 unspecified atom stereocenters. The van der Waals surface area contributed by atoms with Gasteiger partial charge in [0, 0.05) is 6.54 Å². The lowest BCUT2D eigenvalue weighted by atomic mass is 9.86. The van der Waals surface area contributed by atoms with Gasteiger partial charge in [-0.1, -0.05) is 56.6 Å². The molecule has 0 saturated heterocycles. The zero-order chi connectivity index (χ0) is 18.8. The summed E-state index contributed by atoms with van der Waals surface area (Å²) in [6, 6.07) is 10.3. The lowest BCUT2D eigenvalue weighted by Crippen LogP contribution is -2.10. The molecule has 0 aliphatic rings. The molecule has 0 aliphatic heterocycles. The number of nitrogens with zero attached hydrogens (tertiary/aromatic N) is 3. The van der Waals surface area contributed by atoms with E-state index < -0.39 is 0 Å². The van der Waals surface area contributed by atoms with E-state index in [4.69, 9.17) is 16.3 Å². The Morgan fingerprint density at radius 1 is 1.28 bits per heavy atom. The Balaban J connectivity index is 2.65. The molecular weight excluding hydrogens is 334 g/mol. The highest BCUT2D eigenvalue weighted by molar-refractivity contribution is 6.33. The average Bonchev–Trinajstić information content (AvgIpc) is 2.86. The van der Waals surface area contributed by atoms with Crippen molar-refractivity contribution in [3.8, 4) is 6.07 Å². The summed E-state index contributed by atoms with van der Waals surface area (Å²) < 4.78 is 7.35. The molecule has 0 N–H and O–H groups in total. The SMILES string of the molecule is CCn1nc(C)c(Cl)c1/C(OC)=C(\C#N)c1ccc(C(C)(C)C)cc1. The van der Waals surface area contributed by atoms with E-state index in [1.54, 1.807) is 11.8 Å². The molecule has 0 amide bonds. The van der Waals surface area contributed by atoms with E-state index in [9.17, 15) is 5.26 Å². The fraction of sp³-hybridized carbons (Fsp3) is 0.400. The third-order valence-corrected chi connectivity index (χ3v) is 4.60. The zero-order valence-corrected chi connectivity index (χ0v) is 16.4. The normalized spacial score (nSPS) is 12.6. The van der Waals surface area contributed by atoms with Gasteiger partial charge in [0.15, 0.2) is 5.76 Å². The summed E-state index contributed by atoms with van der Waals surface area (Å²) in [5.41, 5.74) is 3.86. The first kappa shape index (κ1) is 19.1. The second-order valence-electron chi connectivity index (χ2n) is 6.91. The number of aromatic nitrogens is 2. The number of hydrogen-bond donors (Lipinski definition) is 0. The van der Waals surface area contributed by atoms with E-state index in [1.807, 2.05) is 38.1 Å². The zero-order valence-electron chi connectivity index (χ0n) is 15.6. The van der Waals surface area contributed by atoms with Crippen molar-refractivity contribution in [2.24, 2.45) is 0 Å². The van der Waals surface area contributed by atoms with Gasteiger partial charge in [-0.05, 0) is 30.4 Å². The van der Waals surface area contributed by atoms with E-state index in [1.165, 1.54) is 5.56 Å². The van der Waals surface area contributed by atoms with Gasteiger partial charge in [-0.15, -0.1) is 0 Å². The molecule has 4 nitrogen and oxygen atoms in total. The van der Waals surface area contributed by atoms with Gasteiger partial charge in [0.1, 0.15) is 17.3 Å². The topological polar surface area (TPSA) is 50.8 Å². The third-order valence-electron chi connectivity index (χ3n) is 4.15. The molecule has 25 heavy (non-hydrogen) atoms. The van der Waals surface area contributed by atoms with E-state index >= 15 is 0 Å². The first-order chi connectivity index (χ1) is 11.7. The minimum Gasteiger partial charge on any atom is -0.493 e. The van der Waals surface area contributed by atoms with Crippen molar-refractivity contribution in [3.63, 3.8) is 0 Å². The molecule has 0 fully saturated rings. The van der Waals surface area contributed by atoms with E-state index in [0.29, 0.717) is 34.3 Å². The Kier molecular flexibility index (Phi) is 5.59. The number of methoxy groups -OCH3 is 1. The number of hydrogen-bond acceptors (Lipinski definition) is 3. The fourth-order valence-corrected chi connectivity index (χ4v) is 2.93. The molecule has 0 bridgehead atoms. The van der Waals surface area contributed by atoms with Gasteiger partial charge in [-0.25, -0.2) is 0 Å². The number of ether oxygens (including phenoxy) is 1. The van der Waals surface area contributed by atoms with Crippen molar-refractivity contribution >= 4 is 22.9 Å². The van der Waals surface area contributed by atoms with Crippen LogP contribution in [0.2, 0.25) is 5.02 Å². The molecule has 0 aliphatic carbocycles. The summed E-state index contributed by atoms with van der Waals surface area (Å²) >= 11 is 6.43. The summed E-state index contributed by atoms with van der Waals surface area (Å²) in [6.07, 6.45) is 0. The smallest absolute Gasteiger partial charge is 0.164 e. The molecule has 1 heterocycles. The van der Waals surface area contributed by atoms with Gasteiger partial charge in [-0.2, -0.15) is 10.4 Å². The van der Waals surface area contributed by atoms with Crippen molar-refractivity contribution < 1.29 is 4.74 Å². The van der Waals surface area contributed by atoms with Crippen molar-refractivity contribution in [2.45, 2.75) is 46.6 Å². The standard InChI is InChI=1S/C20H24ClN3O/c1-7-24-18(17(21)13(2)23-24)19(25-6)16(12-22)14-8-10-15(11-9-14)20(3,4)5/h8-11H,7H2,1-6H3/b19-16-. The third kappa shape index (κ3) is 3.72. The van der Waals surface area contributed by atoms with Gasteiger partial charge in [0.2, 0.25) is 0 Å². The van der Waals surface area contributed by atoms with Crippen LogP contribution in [-0.2, 0) is 16.7 Å². The first-order valence-corrected chi connectivity index (χ1v) is 8.64. The summed E-state index contributed by atoms with van der Waals surface area (Å²) in [4.78, 5) is 0. The van der Waals surface area contributed by atoms with Crippen molar-refractivity contribution in [3.05, 3.63) is 51.8 Å². The molecule has 5 heteroatoms. The van der Waals surface area contributed by atoms with Crippen LogP contribution >= 0.6 is 11.6 Å². The minimum atomic E-state index is 0.0559. The van der Waals surface area contributed by atoms with Gasteiger partial charge in [-0.3, -0.25) is 4.68 Å². The highest BCUT2D eigenvalue weighted by Gasteiger charge is 2.22. The van der Waals surface area contributed by atoms with Crippen LogP contribution < -0.4 is 0 Å². The fourth-order valence-electron chi connectivity index (χ4n) is 2.71. The Hall–Kier alpha value is -2.25. The highest BCUT2D eigenvalue weighted by atomic mass is 35.5. The molecule has 0 radical (unpaired) electrons. The maximum absolute atomic E-state index is 9.77. The first-order valence-electron chi connectivity index (χ1n) is 8.27. The number of benzene rings is 1. The molecule has 2 rings (SSSR count). The largest absolute Gasteiger partial charge is 0.493 e. The molecule has 132 valence electrons. The van der Waals surface area contributed by atoms with E-state index in [0.717, 1.165) is 5.56 Å². The van der Waals surface area contributed by atoms with Crippen LogP contribution in [0.3, 0.4) is 0 Å². The predicted molar refractivity (Wildman–Crippen MR) is 102 cm³/mol. The predicted octanol–water partition coefficient (Wildman–Crippen LogP) is 5.20. The molecule has 1 aromatic carbocycles. The van der Waals surface area contributed by atoms with Crippen LogP contribution in [-0.4, -0.2) is 16.9 Å². The Morgan fingerprint density at radius 2 is 1.88 bits per heavy atom. The van der Waals surface area contributed by atoms with E-state index in [2.05, 4.69) is 31.9 Å². The van der Waals surface area contributed by atoms with Crippen LogP contribution in [0.5, 0.6) is 0 Å². The van der Waals surface area contributed by atoms with Gasteiger partial charge in [0.25, 0.3) is 0 Å². The number of aryl methyl sites for hydroxylation is 2. The Labute approximate surface area is 154 Å². The number of rotatable bonds is 4. The van der Waals surface area contributed by atoms with Gasteiger partial charge < -0.3 is 4.74 Å². The van der Waals surface area contributed by atoms with Crippen LogP contribution in [0, 0.1) is 18.3 Å². The summed E-state index contributed by atoms with van der Waals surface area (Å²) in [6.45, 7) is 10.9. The lowest BCUT2D eigenvalue weighted by molar-refractivity contribution is 0.365. The maximum Gasteiger partial charge on any atom is 0.164 e. The molecule has 1 aromatic heterocycles. The van der Waals surface area contributed by atoms with Gasteiger partial charge >= 0.3 is 0 Å². The van der Waals surface area contributed by atoms with Crippen LogP contribution in [0.25, 0.3) is 11.3 Å². The molecular formula is C20H24ClN3O. The maximum atomic E-state index is 9.77. The lowest BCUT2D eigenvalue weighted by Gasteiger charge is -2.19. The van der Waals surface area contributed by atoms with Crippen LogP contribution in [0.15, 0.2) is 24.3 Å². The second kappa shape index (κ2) is 7.33. The number of nitriles is 1. The van der Waals surface area contributed by atoms with E-state index in [-0.39, 0.29) is 5.41 Å². The summed E-state index contributed by atoms with van der Waals surface area (Å²) in [5, 5.41) is 14.7. The quantitative estimate of drug-likeness (QED) is 0.558. The van der Waals surface area contributed by atoms with Gasteiger partial charge in [0.05, 0.1) is 17.8 Å². The average molecular weight is 358 g/mol. The van der Waals surface area contributed by atoms with Crippen molar-refractivity contribution in [1.29, 1.82) is 5.26 Å². The molecule has 2 aromatic rings. The van der Waals surface area contributed by atoms with Crippen LogP contribution in [0.1, 0.15) is 50.2 Å². The molecule has 0 saturated carbocycles.